The molecule has 0 aromatic heterocycles. The molecule has 0 unspecified atom stereocenters. The van der Waals surface area contributed by atoms with Gasteiger partial charge in [-0.3, -0.25) is 0 Å². The molecule has 0 atom stereocenters. The molecule has 2 rings (SSSR count). The van der Waals surface area contributed by atoms with Crippen LogP contribution in [-0.2, 0) is 4.74 Å². The van der Waals surface area contributed by atoms with E-state index in [0.29, 0.717) is 26.2 Å². The molecule has 2 N–H and O–H groups in total. The highest BCUT2D eigenvalue weighted by Crippen LogP contribution is 2.11. The van der Waals surface area contributed by atoms with Gasteiger partial charge < -0.3 is 20.3 Å². The van der Waals surface area contributed by atoms with Crippen molar-refractivity contribution in [2.75, 3.05) is 26.2 Å². The highest BCUT2D eigenvalue weighted by Gasteiger charge is 2.24. The summed E-state index contributed by atoms with van der Waals surface area (Å²) in [5.74, 6) is 5.90. The molecule has 1 aromatic carbocycles. The first kappa shape index (κ1) is 17.7. The first-order valence-electron chi connectivity index (χ1n) is 8.19. The minimum absolute atomic E-state index is 0.0674. The van der Waals surface area contributed by atoms with Gasteiger partial charge in [-0.1, -0.05) is 30.0 Å². The Morgan fingerprint density at radius 2 is 1.96 bits per heavy atom. The summed E-state index contributed by atoms with van der Waals surface area (Å²) in [5.41, 5.74) is 0.922. The number of benzene rings is 1. The molecule has 1 fully saturated rings. The lowest BCUT2D eigenvalue weighted by Crippen LogP contribution is -2.49. The number of nitrogens with zero attached hydrogens (tertiary/aromatic N) is 1. The molecular formula is C18H23N3O3. The minimum Gasteiger partial charge on any atom is -0.450 e. The number of hydrogen-bond acceptors (Lipinski definition) is 3. The molecule has 0 bridgehead atoms. The summed E-state index contributed by atoms with van der Waals surface area (Å²) in [7, 11) is 0. The summed E-state index contributed by atoms with van der Waals surface area (Å²) in [6, 6.07) is 9.46. The summed E-state index contributed by atoms with van der Waals surface area (Å²) >= 11 is 0. The Balaban J connectivity index is 1.65. The zero-order chi connectivity index (χ0) is 17.2. The van der Waals surface area contributed by atoms with E-state index in [4.69, 9.17) is 4.74 Å². The van der Waals surface area contributed by atoms with E-state index >= 15 is 0 Å². The average Bonchev–Trinajstić information content (AvgIpc) is 2.60. The number of likely N-dealkylation sites (tertiary alicyclic amines) is 1. The van der Waals surface area contributed by atoms with E-state index in [1.165, 1.54) is 0 Å². The molecule has 1 aromatic rings. The third kappa shape index (κ3) is 5.84. The first-order valence-corrected chi connectivity index (χ1v) is 8.19. The fraction of sp³-hybridized carbons (Fsp3) is 0.444. The van der Waals surface area contributed by atoms with Crippen LogP contribution in [0.25, 0.3) is 0 Å². The highest BCUT2D eigenvalue weighted by molar-refractivity contribution is 5.74. The van der Waals surface area contributed by atoms with Gasteiger partial charge in [-0.2, -0.15) is 0 Å². The summed E-state index contributed by atoms with van der Waals surface area (Å²) in [6.45, 7) is 3.65. The molecule has 6 heteroatoms. The third-order valence-electron chi connectivity index (χ3n) is 3.70. The van der Waals surface area contributed by atoms with Gasteiger partial charge in [-0.25, -0.2) is 9.59 Å². The monoisotopic (exact) mass is 329 g/mol. The van der Waals surface area contributed by atoms with Crippen LogP contribution in [0.5, 0.6) is 0 Å². The smallest absolute Gasteiger partial charge is 0.409 e. The molecule has 0 radical (unpaired) electrons. The van der Waals surface area contributed by atoms with Crippen LogP contribution in [-0.4, -0.2) is 49.3 Å². The molecule has 3 amide bonds. The largest absolute Gasteiger partial charge is 0.450 e. The van der Waals surface area contributed by atoms with Crippen LogP contribution in [0.1, 0.15) is 25.3 Å². The van der Waals surface area contributed by atoms with E-state index in [1.807, 2.05) is 30.3 Å². The Kier molecular flexibility index (Phi) is 6.96. The van der Waals surface area contributed by atoms with Crippen molar-refractivity contribution in [2.45, 2.75) is 25.8 Å². The number of piperidine rings is 1. The number of ether oxygens (including phenoxy) is 1. The number of carbonyl (C=O) groups is 2. The van der Waals surface area contributed by atoms with Crippen molar-refractivity contribution in [1.82, 2.24) is 15.5 Å². The Morgan fingerprint density at radius 3 is 2.62 bits per heavy atom. The van der Waals surface area contributed by atoms with Gasteiger partial charge in [-0.05, 0) is 31.9 Å². The molecule has 6 nitrogen and oxygen atoms in total. The van der Waals surface area contributed by atoms with Crippen molar-refractivity contribution in [1.29, 1.82) is 0 Å². The molecule has 0 saturated carbocycles. The zero-order valence-corrected chi connectivity index (χ0v) is 13.9. The number of urea groups is 1. The van der Waals surface area contributed by atoms with Crippen LogP contribution < -0.4 is 10.6 Å². The van der Waals surface area contributed by atoms with Gasteiger partial charge in [-0.15, -0.1) is 0 Å². The predicted octanol–water partition coefficient (Wildman–Crippen LogP) is 1.96. The fourth-order valence-electron chi connectivity index (χ4n) is 2.45. The molecular weight excluding hydrogens is 306 g/mol. The third-order valence-corrected chi connectivity index (χ3v) is 3.70. The van der Waals surface area contributed by atoms with Gasteiger partial charge in [0.15, 0.2) is 0 Å². The highest BCUT2D eigenvalue weighted by atomic mass is 16.6. The lowest BCUT2D eigenvalue weighted by molar-refractivity contribution is 0.0957. The number of nitrogens with one attached hydrogen (secondary N) is 2. The normalized spacial score (nSPS) is 14.3. The summed E-state index contributed by atoms with van der Waals surface area (Å²) in [6.07, 6.45) is 1.17. The second-order valence-electron chi connectivity index (χ2n) is 5.46. The predicted molar refractivity (Wildman–Crippen MR) is 91.5 cm³/mol. The SMILES string of the molecule is CCOC(=O)N1CCC(NC(=O)NCC#Cc2ccccc2)CC1. The molecule has 128 valence electrons. The second kappa shape index (κ2) is 9.46. The Hall–Kier alpha value is -2.68. The minimum atomic E-state index is -0.281. The molecule has 0 spiro atoms. The Morgan fingerprint density at radius 1 is 1.25 bits per heavy atom. The van der Waals surface area contributed by atoms with Crippen molar-refractivity contribution < 1.29 is 14.3 Å². The Bertz CT molecular complexity index is 599. The maximum atomic E-state index is 11.8. The topological polar surface area (TPSA) is 70.7 Å². The van der Waals surface area contributed by atoms with Crippen molar-refractivity contribution in [3.05, 3.63) is 35.9 Å². The quantitative estimate of drug-likeness (QED) is 0.833. The lowest BCUT2D eigenvalue weighted by atomic mass is 10.1. The lowest BCUT2D eigenvalue weighted by Gasteiger charge is -2.31. The summed E-state index contributed by atoms with van der Waals surface area (Å²) in [5, 5.41) is 5.64. The zero-order valence-electron chi connectivity index (χ0n) is 13.9. The van der Waals surface area contributed by atoms with Crippen molar-refractivity contribution >= 4 is 12.1 Å². The maximum absolute atomic E-state index is 11.8. The van der Waals surface area contributed by atoms with E-state index in [-0.39, 0.29) is 18.2 Å². The second-order valence-corrected chi connectivity index (χ2v) is 5.46. The van der Waals surface area contributed by atoms with Crippen molar-refractivity contribution in [3.63, 3.8) is 0 Å². The van der Waals surface area contributed by atoms with E-state index in [0.717, 1.165) is 18.4 Å². The van der Waals surface area contributed by atoms with Crippen LogP contribution in [0.3, 0.4) is 0 Å². The molecule has 1 heterocycles. The van der Waals surface area contributed by atoms with Crippen molar-refractivity contribution in [3.8, 4) is 11.8 Å². The number of amides is 3. The van der Waals surface area contributed by atoms with Crippen molar-refractivity contribution in [2.24, 2.45) is 0 Å². The van der Waals surface area contributed by atoms with E-state index < -0.39 is 0 Å². The fourth-order valence-corrected chi connectivity index (χ4v) is 2.45. The van der Waals surface area contributed by atoms with Crippen LogP contribution in [0.4, 0.5) is 9.59 Å². The van der Waals surface area contributed by atoms with E-state index in [1.54, 1.807) is 11.8 Å². The van der Waals surface area contributed by atoms with Gasteiger partial charge in [0.2, 0.25) is 0 Å². The van der Waals surface area contributed by atoms with Gasteiger partial charge in [0.1, 0.15) is 0 Å². The standard InChI is InChI=1S/C18H23N3O3/c1-2-24-18(23)21-13-10-16(11-14-21)20-17(22)19-12-6-9-15-7-4-3-5-8-15/h3-5,7-8,16H,2,10-14H2,1H3,(H2,19,20,22). The van der Waals surface area contributed by atoms with Gasteiger partial charge in [0.05, 0.1) is 13.2 Å². The number of hydrogen-bond donors (Lipinski definition) is 2. The van der Waals surface area contributed by atoms with E-state index in [9.17, 15) is 9.59 Å². The van der Waals surface area contributed by atoms with Gasteiger partial charge >= 0.3 is 12.1 Å². The average molecular weight is 329 g/mol. The van der Waals surface area contributed by atoms with Crippen LogP contribution in [0, 0.1) is 11.8 Å². The summed E-state index contributed by atoms with van der Waals surface area (Å²) in [4.78, 5) is 25.1. The van der Waals surface area contributed by atoms with Gasteiger partial charge in [0.25, 0.3) is 0 Å². The molecule has 1 aliphatic heterocycles. The van der Waals surface area contributed by atoms with Gasteiger partial charge in [0, 0.05) is 24.7 Å². The maximum Gasteiger partial charge on any atom is 0.409 e. The first-order chi connectivity index (χ1) is 11.7. The van der Waals surface area contributed by atoms with Crippen LogP contribution in [0.15, 0.2) is 30.3 Å². The van der Waals surface area contributed by atoms with E-state index in [2.05, 4.69) is 22.5 Å². The number of rotatable bonds is 3. The molecule has 24 heavy (non-hydrogen) atoms. The van der Waals surface area contributed by atoms with Crippen LogP contribution >= 0.6 is 0 Å². The molecule has 1 saturated heterocycles. The summed E-state index contributed by atoms with van der Waals surface area (Å²) < 4.78 is 4.97. The Labute approximate surface area is 142 Å². The van der Waals surface area contributed by atoms with Crippen LogP contribution in [0.2, 0.25) is 0 Å². The molecule has 0 aliphatic carbocycles. The number of carbonyl (C=O) groups excluding carboxylic acids is 2. The molecule has 1 aliphatic rings.